The van der Waals surface area contributed by atoms with Gasteiger partial charge in [0.05, 0.1) is 6.54 Å². The summed E-state index contributed by atoms with van der Waals surface area (Å²) in [5.74, 6) is 0.856. The van der Waals surface area contributed by atoms with E-state index in [0.29, 0.717) is 13.2 Å². The Hall–Kier alpha value is -2.49. The second-order valence-electron chi connectivity index (χ2n) is 6.15. The highest BCUT2D eigenvalue weighted by atomic mass is 16.5. The first-order chi connectivity index (χ1) is 11.6. The molecule has 1 aliphatic heterocycles. The molecule has 2 aromatic carbocycles. The summed E-state index contributed by atoms with van der Waals surface area (Å²) in [6.07, 6.45) is 0.865. The van der Waals surface area contributed by atoms with Gasteiger partial charge in [-0.1, -0.05) is 31.2 Å². The molecule has 2 aromatic rings. The van der Waals surface area contributed by atoms with Crippen LogP contribution in [0.15, 0.2) is 41.4 Å². The van der Waals surface area contributed by atoms with Crippen LogP contribution in [0.2, 0.25) is 0 Å². The summed E-state index contributed by atoms with van der Waals surface area (Å²) in [5, 5.41) is 0. The molecule has 0 bridgehead atoms. The molecule has 0 saturated carbocycles. The van der Waals surface area contributed by atoms with Crippen LogP contribution in [0.3, 0.4) is 0 Å². The van der Waals surface area contributed by atoms with Crippen LogP contribution in [0.5, 0.6) is 5.75 Å². The van der Waals surface area contributed by atoms with Crippen LogP contribution in [0.1, 0.15) is 23.6 Å². The Morgan fingerprint density at radius 1 is 1.21 bits per heavy atom. The Balaban J connectivity index is 1.79. The van der Waals surface area contributed by atoms with Crippen molar-refractivity contribution in [1.29, 1.82) is 0 Å². The minimum absolute atomic E-state index is 0.0891. The molecule has 4 nitrogen and oxygen atoms in total. The fourth-order valence-corrected chi connectivity index (χ4v) is 2.97. The van der Waals surface area contributed by atoms with Crippen molar-refractivity contribution in [2.75, 3.05) is 13.2 Å². The maximum atomic E-state index is 5.87. The van der Waals surface area contributed by atoms with Gasteiger partial charge >= 0.3 is 0 Å². The summed E-state index contributed by atoms with van der Waals surface area (Å²) in [6, 6.07) is 13.0. The van der Waals surface area contributed by atoms with E-state index >= 15 is 0 Å². The summed E-state index contributed by atoms with van der Waals surface area (Å²) in [4.78, 5) is 4.03. The Labute approximate surface area is 143 Å². The number of ether oxygens (including phenoxy) is 2. The Kier molecular flexibility index (Phi) is 4.74. The molecule has 0 aliphatic carbocycles. The van der Waals surface area contributed by atoms with Crippen LogP contribution in [0, 0.1) is 13.8 Å². The fourth-order valence-electron chi connectivity index (χ4n) is 2.97. The number of hydrogen-bond donors (Lipinski definition) is 1. The lowest BCUT2D eigenvalue weighted by Gasteiger charge is -2.16. The Morgan fingerprint density at radius 3 is 2.75 bits per heavy atom. The maximum absolute atomic E-state index is 5.87. The van der Waals surface area contributed by atoms with Gasteiger partial charge < -0.3 is 15.2 Å². The highest BCUT2D eigenvalue weighted by molar-refractivity contribution is 5.73. The van der Waals surface area contributed by atoms with Crippen LogP contribution in [0.4, 0.5) is 0 Å². The van der Waals surface area contributed by atoms with Crippen LogP contribution < -0.4 is 10.5 Å². The zero-order valence-corrected chi connectivity index (χ0v) is 14.5. The van der Waals surface area contributed by atoms with Crippen LogP contribution >= 0.6 is 0 Å². The number of rotatable bonds is 5. The van der Waals surface area contributed by atoms with Gasteiger partial charge in [-0.25, -0.2) is 4.99 Å². The van der Waals surface area contributed by atoms with E-state index in [2.05, 4.69) is 56.1 Å². The van der Waals surface area contributed by atoms with Gasteiger partial charge in [0.1, 0.15) is 12.4 Å². The topological polar surface area (TPSA) is 56.8 Å². The second-order valence-corrected chi connectivity index (χ2v) is 6.15. The number of amidine groups is 1. The summed E-state index contributed by atoms with van der Waals surface area (Å²) >= 11 is 0. The lowest BCUT2D eigenvalue weighted by atomic mass is 9.92. The minimum atomic E-state index is -0.0891. The van der Waals surface area contributed by atoms with Gasteiger partial charge in [0.25, 0.3) is 6.02 Å². The van der Waals surface area contributed by atoms with Crippen molar-refractivity contribution in [1.82, 2.24) is 0 Å². The molecule has 0 saturated heterocycles. The molecule has 0 aromatic heterocycles. The van der Waals surface area contributed by atoms with E-state index in [9.17, 15) is 0 Å². The monoisotopic (exact) mass is 324 g/mol. The fraction of sp³-hybridized carbons (Fsp3) is 0.350. The molecule has 1 atom stereocenters. The van der Waals surface area contributed by atoms with E-state index in [4.69, 9.17) is 15.2 Å². The third kappa shape index (κ3) is 3.37. The van der Waals surface area contributed by atoms with Crippen molar-refractivity contribution in [3.8, 4) is 16.9 Å². The number of nitrogens with zero attached hydrogens (tertiary/aromatic N) is 1. The van der Waals surface area contributed by atoms with E-state index in [-0.39, 0.29) is 12.1 Å². The van der Waals surface area contributed by atoms with E-state index in [0.717, 1.165) is 12.2 Å². The van der Waals surface area contributed by atoms with Crippen LogP contribution in [-0.2, 0) is 11.2 Å². The third-order valence-electron chi connectivity index (χ3n) is 4.53. The van der Waals surface area contributed by atoms with Gasteiger partial charge in [0.15, 0.2) is 6.10 Å². The lowest BCUT2D eigenvalue weighted by molar-refractivity contribution is 0.141. The maximum Gasteiger partial charge on any atom is 0.282 e. The first-order valence-electron chi connectivity index (χ1n) is 8.37. The molecule has 1 heterocycles. The van der Waals surface area contributed by atoms with Crippen molar-refractivity contribution < 1.29 is 9.47 Å². The molecule has 1 aliphatic rings. The van der Waals surface area contributed by atoms with Gasteiger partial charge in [-0.05, 0) is 60.2 Å². The molecule has 3 rings (SSSR count). The van der Waals surface area contributed by atoms with Crippen molar-refractivity contribution in [2.45, 2.75) is 33.3 Å². The molecule has 2 N–H and O–H groups in total. The highest BCUT2D eigenvalue weighted by Crippen LogP contribution is 2.31. The van der Waals surface area contributed by atoms with E-state index in [1.165, 1.54) is 27.8 Å². The zero-order valence-electron chi connectivity index (χ0n) is 14.5. The smallest absolute Gasteiger partial charge is 0.282 e. The largest absolute Gasteiger partial charge is 0.490 e. The van der Waals surface area contributed by atoms with Crippen molar-refractivity contribution in [3.63, 3.8) is 0 Å². The lowest BCUT2D eigenvalue weighted by Crippen LogP contribution is -2.24. The molecule has 0 fully saturated rings. The van der Waals surface area contributed by atoms with Crippen LogP contribution in [0.25, 0.3) is 11.1 Å². The number of nitrogens with two attached hydrogens (primary N) is 1. The van der Waals surface area contributed by atoms with E-state index < -0.39 is 0 Å². The molecular formula is C20H24N2O2. The normalized spacial score (nSPS) is 16.6. The van der Waals surface area contributed by atoms with Gasteiger partial charge in [-0.2, -0.15) is 0 Å². The predicted molar refractivity (Wildman–Crippen MR) is 97.6 cm³/mol. The molecular weight excluding hydrogens is 300 g/mol. The Morgan fingerprint density at radius 2 is 2.04 bits per heavy atom. The van der Waals surface area contributed by atoms with Crippen molar-refractivity contribution in [3.05, 3.63) is 53.1 Å². The number of hydrogen-bond acceptors (Lipinski definition) is 4. The minimum Gasteiger partial charge on any atom is -0.490 e. The standard InChI is InChI=1S/C20H24N2O2/c1-4-15-10-16(23-12-17-11-22-20(21)24-17)8-9-19(15)18-7-5-6-13(2)14(18)3/h5-10,17H,4,11-12H2,1-3H3,(H2,21,22). The number of benzene rings is 2. The average Bonchev–Trinajstić information content (AvgIpc) is 3.01. The molecule has 1 unspecified atom stereocenters. The summed E-state index contributed by atoms with van der Waals surface area (Å²) in [6.45, 7) is 7.51. The summed E-state index contributed by atoms with van der Waals surface area (Å²) < 4.78 is 11.2. The summed E-state index contributed by atoms with van der Waals surface area (Å²) in [5.41, 5.74) is 12.0. The van der Waals surface area contributed by atoms with Crippen LogP contribution in [-0.4, -0.2) is 25.3 Å². The van der Waals surface area contributed by atoms with Crippen molar-refractivity contribution >= 4 is 6.02 Å². The molecule has 0 amide bonds. The SMILES string of the molecule is CCc1cc(OCC2CN=C(N)O2)ccc1-c1cccc(C)c1C. The van der Waals surface area contributed by atoms with Gasteiger partial charge in [0.2, 0.25) is 0 Å². The van der Waals surface area contributed by atoms with Gasteiger partial charge in [0, 0.05) is 0 Å². The first kappa shape index (κ1) is 16.4. The number of aliphatic imine (C=N–C) groups is 1. The zero-order chi connectivity index (χ0) is 17.1. The second kappa shape index (κ2) is 6.95. The van der Waals surface area contributed by atoms with Gasteiger partial charge in [-0.15, -0.1) is 0 Å². The predicted octanol–water partition coefficient (Wildman–Crippen LogP) is 3.63. The first-order valence-corrected chi connectivity index (χ1v) is 8.37. The van der Waals surface area contributed by atoms with Crippen molar-refractivity contribution in [2.24, 2.45) is 10.7 Å². The molecule has 4 heteroatoms. The average molecular weight is 324 g/mol. The molecule has 0 radical (unpaired) electrons. The molecule has 126 valence electrons. The van der Waals surface area contributed by atoms with E-state index in [1.807, 2.05) is 6.07 Å². The Bertz CT molecular complexity index is 768. The third-order valence-corrected chi connectivity index (χ3v) is 4.53. The quantitative estimate of drug-likeness (QED) is 0.914. The molecule has 24 heavy (non-hydrogen) atoms. The molecule has 0 spiro atoms. The summed E-state index contributed by atoms with van der Waals surface area (Å²) in [7, 11) is 0. The van der Waals surface area contributed by atoms with E-state index in [1.54, 1.807) is 0 Å². The number of aryl methyl sites for hydroxylation is 2. The highest BCUT2D eigenvalue weighted by Gasteiger charge is 2.18. The van der Waals surface area contributed by atoms with Gasteiger partial charge in [-0.3, -0.25) is 0 Å².